The zero-order valence-electron chi connectivity index (χ0n) is 11.2. The molecular weight excluding hydrogens is 278 g/mol. The number of ether oxygens (including phenoxy) is 1. The van der Waals surface area contributed by atoms with Crippen molar-refractivity contribution in [3.05, 3.63) is 34.3 Å². The van der Waals surface area contributed by atoms with E-state index in [0.717, 1.165) is 29.9 Å². The molecule has 0 amide bonds. The van der Waals surface area contributed by atoms with Gasteiger partial charge in [0.25, 0.3) is 0 Å². The Kier molecular flexibility index (Phi) is 5.20. The maximum absolute atomic E-state index is 6.22. The maximum atomic E-state index is 6.22. The fraction of sp³-hybridized carbons (Fsp3) is 0.533. The van der Waals surface area contributed by atoms with Crippen LogP contribution in [-0.4, -0.2) is 11.1 Å². The lowest BCUT2D eigenvalue weighted by Gasteiger charge is -2.27. The summed E-state index contributed by atoms with van der Waals surface area (Å²) in [6.45, 7) is 2.85. The summed E-state index contributed by atoms with van der Waals surface area (Å²) in [6, 6.07) is 5.66. The molecule has 0 bridgehead atoms. The number of halogens is 1. The summed E-state index contributed by atoms with van der Waals surface area (Å²) in [7, 11) is 0. The van der Waals surface area contributed by atoms with Crippen LogP contribution in [0.5, 0.6) is 0 Å². The van der Waals surface area contributed by atoms with Crippen LogP contribution in [0.2, 0.25) is 5.02 Å². The number of hydrogen-bond donors (Lipinski definition) is 1. The molecule has 2 atom stereocenters. The molecule has 1 aliphatic carbocycles. The Bertz CT molecular complexity index is 463. The number of nitrogens with two attached hydrogens (primary N) is 1. The van der Waals surface area contributed by atoms with Gasteiger partial charge in [0.15, 0.2) is 0 Å². The molecule has 1 aromatic rings. The lowest BCUT2D eigenvalue weighted by molar-refractivity contribution is 0.00470. The molecule has 2 rings (SSSR count). The van der Waals surface area contributed by atoms with Crippen molar-refractivity contribution in [1.29, 1.82) is 0 Å². The van der Waals surface area contributed by atoms with E-state index in [9.17, 15) is 0 Å². The third kappa shape index (κ3) is 4.16. The van der Waals surface area contributed by atoms with Crippen LogP contribution in [0.1, 0.15) is 43.7 Å². The summed E-state index contributed by atoms with van der Waals surface area (Å²) in [5.41, 5.74) is 7.38. The van der Waals surface area contributed by atoms with E-state index in [2.05, 4.69) is 6.92 Å². The van der Waals surface area contributed by atoms with Crippen molar-refractivity contribution in [1.82, 2.24) is 0 Å². The van der Waals surface area contributed by atoms with Gasteiger partial charge in [-0.2, -0.15) is 0 Å². The topological polar surface area (TPSA) is 35.2 Å². The first kappa shape index (κ1) is 14.8. The van der Waals surface area contributed by atoms with Gasteiger partial charge in [-0.1, -0.05) is 55.7 Å². The van der Waals surface area contributed by atoms with Gasteiger partial charge in [-0.25, -0.2) is 0 Å². The summed E-state index contributed by atoms with van der Waals surface area (Å²) in [5.74, 6) is 0.770. The van der Waals surface area contributed by atoms with Crippen molar-refractivity contribution in [2.75, 3.05) is 0 Å². The van der Waals surface area contributed by atoms with Crippen LogP contribution in [0, 0.1) is 5.92 Å². The minimum Gasteiger partial charge on any atom is -0.389 e. The van der Waals surface area contributed by atoms with E-state index in [1.165, 1.54) is 12.8 Å². The van der Waals surface area contributed by atoms with Gasteiger partial charge in [0.2, 0.25) is 0 Å². The largest absolute Gasteiger partial charge is 0.389 e. The van der Waals surface area contributed by atoms with Gasteiger partial charge in [-0.3, -0.25) is 0 Å². The van der Waals surface area contributed by atoms with Crippen LogP contribution < -0.4 is 5.73 Å². The molecule has 4 heteroatoms. The second kappa shape index (κ2) is 6.69. The van der Waals surface area contributed by atoms with Gasteiger partial charge in [0.1, 0.15) is 4.99 Å². The molecule has 19 heavy (non-hydrogen) atoms. The second-order valence-electron chi connectivity index (χ2n) is 5.38. The highest BCUT2D eigenvalue weighted by Gasteiger charge is 2.19. The predicted octanol–water partition coefficient (Wildman–Crippen LogP) is 4.07. The van der Waals surface area contributed by atoms with Crippen LogP contribution in [0.25, 0.3) is 0 Å². The van der Waals surface area contributed by atoms with Crippen molar-refractivity contribution in [3.8, 4) is 0 Å². The van der Waals surface area contributed by atoms with Crippen LogP contribution in [0.3, 0.4) is 0 Å². The third-order valence-electron chi connectivity index (χ3n) is 3.70. The second-order valence-corrected chi connectivity index (χ2v) is 6.22. The SMILES string of the molecule is CC1CCCC(OCc2ccc(C(N)=S)cc2Cl)C1. The molecule has 0 aromatic heterocycles. The smallest absolute Gasteiger partial charge is 0.104 e. The van der Waals surface area contributed by atoms with Gasteiger partial charge >= 0.3 is 0 Å². The van der Waals surface area contributed by atoms with Crippen molar-refractivity contribution in [2.24, 2.45) is 11.7 Å². The van der Waals surface area contributed by atoms with Gasteiger partial charge in [-0.15, -0.1) is 0 Å². The molecule has 0 saturated heterocycles. The molecule has 2 nitrogen and oxygen atoms in total. The van der Waals surface area contributed by atoms with E-state index < -0.39 is 0 Å². The highest BCUT2D eigenvalue weighted by molar-refractivity contribution is 7.80. The molecule has 1 aromatic carbocycles. The van der Waals surface area contributed by atoms with Crippen LogP contribution in [-0.2, 0) is 11.3 Å². The minimum absolute atomic E-state index is 0.370. The Morgan fingerprint density at radius 1 is 1.47 bits per heavy atom. The normalized spacial score (nSPS) is 23.3. The Morgan fingerprint density at radius 2 is 2.26 bits per heavy atom. The zero-order chi connectivity index (χ0) is 13.8. The summed E-state index contributed by atoms with van der Waals surface area (Å²) in [5, 5.41) is 0.675. The monoisotopic (exact) mass is 297 g/mol. The van der Waals surface area contributed by atoms with E-state index in [0.29, 0.717) is 22.7 Å². The molecular formula is C15H20ClNOS. The first-order valence-corrected chi connectivity index (χ1v) is 7.54. The van der Waals surface area contributed by atoms with Crippen LogP contribution >= 0.6 is 23.8 Å². The van der Waals surface area contributed by atoms with Gasteiger partial charge in [0, 0.05) is 10.6 Å². The highest BCUT2D eigenvalue weighted by atomic mass is 35.5. The molecule has 2 N–H and O–H groups in total. The Hall–Kier alpha value is -0.640. The average Bonchev–Trinajstić information content (AvgIpc) is 2.37. The molecule has 0 aliphatic heterocycles. The Morgan fingerprint density at radius 3 is 2.89 bits per heavy atom. The molecule has 1 saturated carbocycles. The first-order valence-electron chi connectivity index (χ1n) is 6.76. The fourth-order valence-electron chi connectivity index (χ4n) is 2.56. The number of rotatable bonds is 4. The Balaban J connectivity index is 1.94. The molecule has 0 radical (unpaired) electrons. The van der Waals surface area contributed by atoms with Crippen LogP contribution in [0.15, 0.2) is 18.2 Å². The van der Waals surface area contributed by atoms with E-state index in [1.54, 1.807) is 0 Å². The van der Waals surface area contributed by atoms with Crippen molar-refractivity contribution >= 4 is 28.8 Å². The van der Waals surface area contributed by atoms with Crippen molar-refractivity contribution in [2.45, 2.75) is 45.3 Å². The summed E-state index contributed by atoms with van der Waals surface area (Å²) in [6.07, 6.45) is 5.27. The molecule has 0 heterocycles. The van der Waals surface area contributed by atoms with Crippen LogP contribution in [0.4, 0.5) is 0 Å². The summed E-state index contributed by atoms with van der Waals surface area (Å²) >= 11 is 11.2. The van der Waals surface area contributed by atoms with Gasteiger partial charge < -0.3 is 10.5 Å². The Labute approximate surface area is 125 Å². The van der Waals surface area contributed by atoms with E-state index in [1.807, 2.05) is 18.2 Å². The molecule has 0 spiro atoms. The lowest BCUT2D eigenvalue weighted by Crippen LogP contribution is -2.21. The van der Waals surface area contributed by atoms with Gasteiger partial charge in [0.05, 0.1) is 12.7 Å². The highest BCUT2D eigenvalue weighted by Crippen LogP contribution is 2.27. The molecule has 2 unspecified atom stereocenters. The minimum atomic E-state index is 0.370. The zero-order valence-corrected chi connectivity index (χ0v) is 12.8. The number of hydrogen-bond acceptors (Lipinski definition) is 2. The summed E-state index contributed by atoms with van der Waals surface area (Å²) < 4.78 is 5.97. The molecule has 104 valence electrons. The molecule has 1 aliphatic rings. The maximum Gasteiger partial charge on any atom is 0.104 e. The lowest BCUT2D eigenvalue weighted by atomic mass is 9.89. The standard InChI is InChI=1S/C15H20ClNOS/c1-10-3-2-4-13(7-10)18-9-12-6-5-11(15(17)19)8-14(12)16/h5-6,8,10,13H,2-4,7,9H2,1H3,(H2,17,19). The quantitative estimate of drug-likeness (QED) is 0.851. The predicted molar refractivity (Wildman–Crippen MR) is 83.5 cm³/mol. The first-order chi connectivity index (χ1) is 9.06. The number of benzene rings is 1. The van der Waals surface area contributed by atoms with Crippen molar-refractivity contribution < 1.29 is 4.74 Å². The average molecular weight is 298 g/mol. The van der Waals surface area contributed by atoms with E-state index >= 15 is 0 Å². The van der Waals surface area contributed by atoms with Gasteiger partial charge in [-0.05, 0) is 30.4 Å². The van der Waals surface area contributed by atoms with Crippen molar-refractivity contribution in [3.63, 3.8) is 0 Å². The number of thiocarbonyl (C=S) groups is 1. The fourth-order valence-corrected chi connectivity index (χ4v) is 2.92. The van der Waals surface area contributed by atoms with E-state index in [4.69, 9.17) is 34.3 Å². The third-order valence-corrected chi connectivity index (χ3v) is 4.29. The molecule has 1 fully saturated rings. The van der Waals surface area contributed by atoms with E-state index in [-0.39, 0.29) is 0 Å². The summed E-state index contributed by atoms with van der Waals surface area (Å²) in [4.78, 5) is 0.371.